The quantitative estimate of drug-likeness (QED) is 0.761. The highest BCUT2D eigenvalue weighted by Crippen LogP contribution is 2.64. The molecule has 0 spiro atoms. The predicted molar refractivity (Wildman–Crippen MR) is 101 cm³/mol. The Morgan fingerprint density at radius 2 is 1.88 bits per heavy atom. The van der Waals surface area contributed by atoms with Crippen molar-refractivity contribution in [1.29, 1.82) is 5.26 Å². The number of fused-ring (bicyclic) bond motifs is 3. The molecule has 0 amide bonds. The molecule has 0 aromatic carbocycles. The van der Waals surface area contributed by atoms with E-state index in [9.17, 15) is 14.9 Å². The lowest BCUT2D eigenvalue weighted by molar-refractivity contribution is -0.131. The molecule has 3 aliphatic rings. The maximum atomic E-state index is 12.9. The lowest BCUT2D eigenvalue weighted by Gasteiger charge is -2.58. The molecule has 0 saturated heterocycles. The van der Waals surface area contributed by atoms with Gasteiger partial charge in [-0.25, -0.2) is 0 Å². The summed E-state index contributed by atoms with van der Waals surface area (Å²) in [6.45, 7) is 9.09. The molecule has 3 rings (SSSR count). The van der Waals surface area contributed by atoms with Crippen molar-refractivity contribution in [1.82, 2.24) is 4.90 Å². The lowest BCUT2D eigenvalue weighted by Crippen LogP contribution is -2.54. The van der Waals surface area contributed by atoms with Crippen molar-refractivity contribution in [2.75, 3.05) is 20.6 Å². The molecule has 2 unspecified atom stereocenters. The second-order valence-corrected chi connectivity index (χ2v) is 9.78. The van der Waals surface area contributed by atoms with E-state index in [2.05, 4.69) is 24.8 Å². The zero-order valence-electron chi connectivity index (χ0n) is 16.8. The Morgan fingerprint density at radius 3 is 2.46 bits per heavy atom. The fourth-order valence-electron chi connectivity index (χ4n) is 6.02. The number of Topliss-reactive ketones (excluding diaryl/α,β-unsaturated/α-hetero) is 1. The minimum atomic E-state index is -0.583. The van der Waals surface area contributed by atoms with Crippen LogP contribution >= 0.6 is 0 Å². The topological polar surface area (TPSA) is 61.2 Å². The van der Waals surface area contributed by atoms with Crippen molar-refractivity contribution in [2.45, 2.75) is 47.0 Å². The molecule has 3 aliphatic carbocycles. The molecule has 0 aliphatic heterocycles. The van der Waals surface area contributed by atoms with Gasteiger partial charge in [0.1, 0.15) is 6.07 Å². The van der Waals surface area contributed by atoms with Gasteiger partial charge >= 0.3 is 0 Å². The maximum Gasteiger partial charge on any atom is 0.178 e. The summed E-state index contributed by atoms with van der Waals surface area (Å²) in [4.78, 5) is 27.7. The standard InChI is InChI=1S/C22H30N2O2/c1-20(2)17-7-8-21(3)10-15(13-24(5)6)16(25)9-18(21)22(17,4)11-14(12-23)19(20)26/h9,11,15,17H,7-8,10,13H2,1-6H3/t15-,17-,21?,22?/m0/s1. The monoisotopic (exact) mass is 354 g/mol. The minimum absolute atomic E-state index is 0.0246. The Labute approximate surface area is 156 Å². The highest BCUT2D eigenvalue weighted by molar-refractivity contribution is 6.04. The Morgan fingerprint density at radius 1 is 1.23 bits per heavy atom. The van der Waals surface area contributed by atoms with E-state index in [0.717, 1.165) is 31.4 Å². The third-order valence-electron chi connectivity index (χ3n) is 7.18. The van der Waals surface area contributed by atoms with Gasteiger partial charge in [-0.1, -0.05) is 39.3 Å². The zero-order valence-corrected chi connectivity index (χ0v) is 16.8. The van der Waals surface area contributed by atoms with Crippen LogP contribution in [0.1, 0.15) is 47.0 Å². The van der Waals surface area contributed by atoms with E-state index >= 15 is 0 Å². The van der Waals surface area contributed by atoms with Crippen LogP contribution in [-0.2, 0) is 9.59 Å². The molecule has 0 aromatic heterocycles. The molecule has 4 atom stereocenters. The summed E-state index contributed by atoms with van der Waals surface area (Å²) in [5.74, 6) is 0.280. The maximum absolute atomic E-state index is 12.9. The summed E-state index contributed by atoms with van der Waals surface area (Å²) in [5, 5.41) is 9.52. The van der Waals surface area contributed by atoms with Crippen LogP contribution in [0.4, 0.5) is 0 Å². The van der Waals surface area contributed by atoms with Crippen molar-refractivity contribution >= 4 is 11.6 Å². The number of ketones is 2. The van der Waals surface area contributed by atoms with Gasteiger partial charge in [-0.15, -0.1) is 0 Å². The fraction of sp³-hybridized carbons (Fsp3) is 0.682. The van der Waals surface area contributed by atoms with Gasteiger partial charge in [0.15, 0.2) is 11.6 Å². The number of hydrogen-bond donors (Lipinski definition) is 0. The molecular weight excluding hydrogens is 324 g/mol. The van der Waals surface area contributed by atoms with Crippen LogP contribution in [0.25, 0.3) is 0 Å². The second-order valence-electron chi connectivity index (χ2n) is 9.78. The van der Waals surface area contributed by atoms with Crippen LogP contribution in [-0.4, -0.2) is 37.1 Å². The van der Waals surface area contributed by atoms with Gasteiger partial charge in [-0.2, -0.15) is 5.26 Å². The SMILES string of the molecule is CN(C)C[C@@H]1CC2(C)CC[C@H]3C(C)(C)C(=O)C(C#N)=CC3(C)C2=CC1=O. The van der Waals surface area contributed by atoms with Crippen LogP contribution in [0.3, 0.4) is 0 Å². The smallest absolute Gasteiger partial charge is 0.178 e. The first-order chi connectivity index (χ1) is 12.0. The summed E-state index contributed by atoms with van der Waals surface area (Å²) in [5.41, 5.74) is 0.346. The summed E-state index contributed by atoms with van der Waals surface area (Å²) in [6.07, 6.45) is 6.52. The van der Waals surface area contributed by atoms with Gasteiger partial charge in [0, 0.05) is 23.3 Å². The molecule has 4 nitrogen and oxygen atoms in total. The normalized spacial score (nSPS) is 38.8. The first-order valence-corrected chi connectivity index (χ1v) is 9.55. The van der Waals surface area contributed by atoms with E-state index in [4.69, 9.17) is 0 Å². The van der Waals surface area contributed by atoms with Crippen LogP contribution < -0.4 is 0 Å². The summed E-state index contributed by atoms with van der Waals surface area (Å²) < 4.78 is 0. The number of carbonyl (C=O) groups is 2. The molecule has 140 valence electrons. The average molecular weight is 354 g/mol. The van der Waals surface area contributed by atoms with Gasteiger partial charge in [0.25, 0.3) is 0 Å². The Kier molecular flexibility index (Phi) is 4.31. The van der Waals surface area contributed by atoms with Crippen LogP contribution in [0, 0.1) is 39.4 Å². The highest BCUT2D eigenvalue weighted by atomic mass is 16.1. The van der Waals surface area contributed by atoms with E-state index in [-0.39, 0.29) is 34.4 Å². The average Bonchev–Trinajstić information content (AvgIpc) is 2.52. The Balaban J connectivity index is 2.14. The van der Waals surface area contributed by atoms with Gasteiger partial charge in [-0.05, 0) is 50.8 Å². The first-order valence-electron chi connectivity index (χ1n) is 9.55. The van der Waals surface area contributed by atoms with Crippen molar-refractivity contribution in [3.8, 4) is 6.07 Å². The van der Waals surface area contributed by atoms with E-state index in [1.165, 1.54) is 0 Å². The molecule has 1 saturated carbocycles. The Bertz CT molecular complexity index is 768. The van der Waals surface area contributed by atoms with Crippen molar-refractivity contribution < 1.29 is 9.59 Å². The van der Waals surface area contributed by atoms with E-state index in [1.807, 2.05) is 40.1 Å². The first kappa shape index (κ1) is 19.0. The number of rotatable bonds is 2. The third-order valence-corrected chi connectivity index (χ3v) is 7.18. The molecular formula is C22H30N2O2. The number of carbonyl (C=O) groups excluding carboxylic acids is 2. The van der Waals surface area contributed by atoms with Gasteiger partial charge < -0.3 is 4.90 Å². The van der Waals surface area contributed by atoms with Gasteiger partial charge in [0.05, 0.1) is 5.57 Å². The minimum Gasteiger partial charge on any atom is -0.309 e. The summed E-state index contributed by atoms with van der Waals surface area (Å²) >= 11 is 0. The molecule has 0 radical (unpaired) electrons. The van der Waals surface area contributed by atoms with Crippen LogP contribution in [0.15, 0.2) is 23.3 Å². The van der Waals surface area contributed by atoms with Crippen molar-refractivity contribution in [3.05, 3.63) is 23.3 Å². The summed E-state index contributed by atoms with van der Waals surface area (Å²) in [7, 11) is 4.01. The van der Waals surface area contributed by atoms with Crippen molar-refractivity contribution in [2.24, 2.45) is 28.1 Å². The van der Waals surface area contributed by atoms with Gasteiger partial charge in [-0.3, -0.25) is 9.59 Å². The van der Waals surface area contributed by atoms with E-state index in [1.54, 1.807) is 0 Å². The second kappa shape index (κ2) is 5.89. The molecule has 1 fully saturated rings. The molecule has 0 bridgehead atoms. The van der Waals surface area contributed by atoms with Crippen molar-refractivity contribution in [3.63, 3.8) is 0 Å². The van der Waals surface area contributed by atoms with Crippen LogP contribution in [0.2, 0.25) is 0 Å². The fourth-order valence-corrected chi connectivity index (χ4v) is 6.02. The molecule has 0 N–H and O–H groups in total. The zero-order chi connectivity index (χ0) is 19.5. The number of allylic oxidation sites excluding steroid dienone is 4. The van der Waals surface area contributed by atoms with Gasteiger partial charge in [0.2, 0.25) is 0 Å². The van der Waals surface area contributed by atoms with Crippen LogP contribution in [0.5, 0.6) is 0 Å². The molecule has 0 aromatic rings. The third kappa shape index (κ3) is 2.60. The van der Waals surface area contributed by atoms with E-state index in [0.29, 0.717) is 0 Å². The Hall–Kier alpha value is -1.73. The molecule has 0 heterocycles. The highest BCUT2D eigenvalue weighted by Gasteiger charge is 2.59. The number of nitrogens with zero attached hydrogens (tertiary/aromatic N) is 2. The summed E-state index contributed by atoms with van der Waals surface area (Å²) in [6, 6.07) is 2.11. The lowest BCUT2D eigenvalue weighted by atomic mass is 9.44. The number of hydrogen-bond acceptors (Lipinski definition) is 4. The largest absolute Gasteiger partial charge is 0.309 e. The molecule has 26 heavy (non-hydrogen) atoms. The predicted octanol–water partition coefficient (Wildman–Crippen LogP) is 3.54. The molecule has 4 heteroatoms. The number of nitriles is 1. The van der Waals surface area contributed by atoms with E-state index < -0.39 is 10.8 Å².